The molecule has 1 N–H and O–H groups in total. The van der Waals surface area contributed by atoms with Crippen LogP contribution in [0.2, 0.25) is 0 Å². The van der Waals surface area contributed by atoms with Crippen LogP contribution in [0.5, 0.6) is 0 Å². The zero-order valence-corrected chi connectivity index (χ0v) is 9.24. The monoisotopic (exact) mass is 227 g/mol. The third-order valence-electron chi connectivity index (χ3n) is 2.04. The number of hydrogen-bond acceptors (Lipinski definition) is 3. The molecule has 0 saturated carbocycles. The summed E-state index contributed by atoms with van der Waals surface area (Å²) in [6.45, 7) is 2.36. The maximum absolute atomic E-state index is 11.1. The predicted octanol–water partition coefficient (Wildman–Crippen LogP) is 1.74. The van der Waals surface area contributed by atoms with Crippen molar-refractivity contribution in [2.24, 2.45) is 0 Å². The average Bonchev–Trinajstić information content (AvgIpc) is 2.69. The van der Waals surface area contributed by atoms with Crippen LogP contribution in [0.4, 0.5) is 0 Å². The molecule has 1 amide bonds. The summed E-state index contributed by atoms with van der Waals surface area (Å²) in [4.78, 5) is 23.2. The molecular formula is C10H13NO3S. The highest BCUT2D eigenvalue weighted by atomic mass is 32.1. The van der Waals surface area contributed by atoms with E-state index in [0.29, 0.717) is 18.5 Å². The molecule has 1 aromatic rings. The Hall–Kier alpha value is -1.36. The molecule has 1 aromatic heterocycles. The second-order valence-corrected chi connectivity index (χ2v) is 3.92. The topological polar surface area (TPSA) is 57.6 Å². The fraction of sp³-hybridized carbons (Fsp3) is 0.400. The molecule has 0 fully saturated rings. The first-order valence-electron chi connectivity index (χ1n) is 4.66. The van der Waals surface area contributed by atoms with Crippen LogP contribution in [0.25, 0.3) is 0 Å². The summed E-state index contributed by atoms with van der Waals surface area (Å²) in [5, 5.41) is 12.6. The fourth-order valence-electron chi connectivity index (χ4n) is 1.41. The van der Waals surface area contributed by atoms with E-state index < -0.39 is 12.0 Å². The zero-order chi connectivity index (χ0) is 11.3. The van der Waals surface area contributed by atoms with Crippen molar-refractivity contribution in [1.29, 1.82) is 0 Å². The largest absolute Gasteiger partial charge is 0.479 e. The van der Waals surface area contributed by atoms with Crippen molar-refractivity contribution in [1.82, 2.24) is 4.90 Å². The minimum absolute atomic E-state index is 0.455. The number of amides is 1. The van der Waals surface area contributed by atoms with E-state index in [1.165, 1.54) is 16.2 Å². The van der Waals surface area contributed by atoms with Gasteiger partial charge in [0, 0.05) is 6.54 Å². The Balaban J connectivity index is 2.91. The van der Waals surface area contributed by atoms with Crippen LogP contribution in [0.3, 0.4) is 0 Å². The maximum atomic E-state index is 11.1. The van der Waals surface area contributed by atoms with E-state index in [1.807, 2.05) is 6.92 Å². The van der Waals surface area contributed by atoms with Crippen LogP contribution in [0.15, 0.2) is 16.8 Å². The van der Waals surface area contributed by atoms with Crippen molar-refractivity contribution in [2.45, 2.75) is 19.4 Å². The van der Waals surface area contributed by atoms with Gasteiger partial charge >= 0.3 is 5.97 Å². The van der Waals surface area contributed by atoms with E-state index in [4.69, 9.17) is 5.11 Å². The summed E-state index contributed by atoms with van der Waals surface area (Å²) in [6, 6.07) is 0.879. The molecule has 4 nitrogen and oxygen atoms in total. The summed E-state index contributed by atoms with van der Waals surface area (Å²) in [5.41, 5.74) is 0.660. The molecule has 0 aliphatic carbocycles. The number of carboxylic acids is 1. The Morgan fingerprint density at radius 2 is 2.47 bits per heavy atom. The van der Waals surface area contributed by atoms with Gasteiger partial charge in [0.15, 0.2) is 6.04 Å². The SMILES string of the molecule is CCCN(C=O)C(C(=O)O)c1ccsc1. The molecule has 1 atom stereocenters. The normalized spacial score (nSPS) is 12.1. The summed E-state index contributed by atoms with van der Waals surface area (Å²) >= 11 is 1.43. The van der Waals surface area contributed by atoms with Gasteiger partial charge < -0.3 is 10.0 Å². The molecule has 0 spiro atoms. The van der Waals surface area contributed by atoms with Crippen molar-refractivity contribution < 1.29 is 14.7 Å². The van der Waals surface area contributed by atoms with E-state index in [0.717, 1.165) is 6.42 Å². The van der Waals surface area contributed by atoms with E-state index in [-0.39, 0.29) is 0 Å². The van der Waals surface area contributed by atoms with Crippen LogP contribution >= 0.6 is 11.3 Å². The van der Waals surface area contributed by atoms with Gasteiger partial charge in [-0.1, -0.05) is 6.92 Å². The maximum Gasteiger partial charge on any atom is 0.331 e. The highest BCUT2D eigenvalue weighted by Crippen LogP contribution is 2.22. The quantitative estimate of drug-likeness (QED) is 0.753. The summed E-state index contributed by atoms with van der Waals surface area (Å²) in [6.07, 6.45) is 1.34. The van der Waals surface area contributed by atoms with Crippen LogP contribution in [0, 0.1) is 0 Å². The molecule has 15 heavy (non-hydrogen) atoms. The van der Waals surface area contributed by atoms with E-state index in [2.05, 4.69) is 0 Å². The van der Waals surface area contributed by atoms with Crippen molar-refractivity contribution in [3.8, 4) is 0 Å². The summed E-state index contributed by atoms with van der Waals surface area (Å²) in [7, 11) is 0. The molecule has 1 rings (SSSR count). The van der Waals surface area contributed by atoms with Gasteiger partial charge in [-0.15, -0.1) is 0 Å². The number of carbonyl (C=O) groups excluding carboxylic acids is 1. The second-order valence-electron chi connectivity index (χ2n) is 3.14. The smallest absolute Gasteiger partial charge is 0.331 e. The Bertz CT molecular complexity index is 323. The van der Waals surface area contributed by atoms with Crippen LogP contribution in [-0.2, 0) is 9.59 Å². The van der Waals surface area contributed by atoms with Gasteiger partial charge in [-0.3, -0.25) is 4.79 Å². The van der Waals surface area contributed by atoms with Gasteiger partial charge in [0.1, 0.15) is 0 Å². The van der Waals surface area contributed by atoms with E-state index >= 15 is 0 Å². The number of aliphatic carboxylic acids is 1. The lowest BCUT2D eigenvalue weighted by Gasteiger charge is -2.23. The van der Waals surface area contributed by atoms with Crippen LogP contribution in [-0.4, -0.2) is 28.9 Å². The zero-order valence-electron chi connectivity index (χ0n) is 8.42. The van der Waals surface area contributed by atoms with Crippen molar-refractivity contribution >= 4 is 23.7 Å². The van der Waals surface area contributed by atoms with Crippen LogP contribution in [0.1, 0.15) is 24.9 Å². The van der Waals surface area contributed by atoms with E-state index in [1.54, 1.807) is 16.8 Å². The minimum Gasteiger partial charge on any atom is -0.479 e. The fourth-order valence-corrected chi connectivity index (χ4v) is 2.09. The van der Waals surface area contributed by atoms with Crippen molar-refractivity contribution in [3.63, 3.8) is 0 Å². The lowest BCUT2D eigenvalue weighted by molar-refractivity contribution is -0.146. The Kier molecular flexibility index (Phi) is 4.30. The minimum atomic E-state index is -0.992. The number of rotatable bonds is 6. The van der Waals surface area contributed by atoms with Gasteiger partial charge in [-0.25, -0.2) is 4.79 Å². The lowest BCUT2D eigenvalue weighted by atomic mass is 10.1. The molecular weight excluding hydrogens is 214 g/mol. The summed E-state index contributed by atoms with van der Waals surface area (Å²) < 4.78 is 0. The summed E-state index contributed by atoms with van der Waals surface area (Å²) in [5.74, 6) is -0.992. The van der Waals surface area contributed by atoms with Gasteiger partial charge in [0.2, 0.25) is 6.41 Å². The number of thiophene rings is 1. The molecule has 1 heterocycles. The first kappa shape index (κ1) is 11.7. The number of hydrogen-bond donors (Lipinski definition) is 1. The average molecular weight is 227 g/mol. The Labute approximate surface area is 92.1 Å². The van der Waals surface area contributed by atoms with Crippen molar-refractivity contribution in [2.75, 3.05) is 6.54 Å². The van der Waals surface area contributed by atoms with E-state index in [9.17, 15) is 9.59 Å². The molecule has 0 bridgehead atoms. The highest BCUT2D eigenvalue weighted by Gasteiger charge is 2.25. The van der Waals surface area contributed by atoms with Gasteiger partial charge in [0.25, 0.3) is 0 Å². The molecule has 0 radical (unpaired) electrons. The molecule has 0 aliphatic rings. The number of carbonyl (C=O) groups is 2. The lowest BCUT2D eigenvalue weighted by Crippen LogP contribution is -2.33. The number of carboxylic acid groups (broad SMARTS) is 1. The molecule has 1 unspecified atom stereocenters. The van der Waals surface area contributed by atoms with Crippen LogP contribution < -0.4 is 0 Å². The predicted molar refractivity (Wildman–Crippen MR) is 57.8 cm³/mol. The van der Waals surface area contributed by atoms with Gasteiger partial charge in [-0.2, -0.15) is 11.3 Å². The molecule has 0 saturated heterocycles. The molecule has 0 aliphatic heterocycles. The molecule has 5 heteroatoms. The van der Waals surface area contributed by atoms with Gasteiger partial charge in [0.05, 0.1) is 0 Å². The molecule has 82 valence electrons. The first-order chi connectivity index (χ1) is 7.20. The molecule has 0 aromatic carbocycles. The third kappa shape index (κ3) is 2.79. The van der Waals surface area contributed by atoms with Gasteiger partial charge in [-0.05, 0) is 28.8 Å². The first-order valence-corrected chi connectivity index (χ1v) is 5.61. The highest BCUT2D eigenvalue weighted by molar-refractivity contribution is 7.08. The Morgan fingerprint density at radius 3 is 2.87 bits per heavy atom. The standard InChI is InChI=1S/C10H13NO3S/c1-2-4-11(7-12)9(10(13)14)8-3-5-15-6-8/h3,5-7,9H,2,4H2,1H3,(H,13,14). The third-order valence-corrected chi connectivity index (χ3v) is 2.74. The van der Waals surface area contributed by atoms with Crippen molar-refractivity contribution in [3.05, 3.63) is 22.4 Å². The number of nitrogens with zero attached hydrogens (tertiary/aromatic N) is 1. The second kappa shape index (κ2) is 5.50. The Morgan fingerprint density at radius 1 is 1.73 bits per heavy atom.